The summed E-state index contributed by atoms with van der Waals surface area (Å²) < 4.78 is 4.79. The maximum Gasteiger partial charge on any atom is 0.337 e. The summed E-state index contributed by atoms with van der Waals surface area (Å²) >= 11 is 0. The zero-order valence-electron chi connectivity index (χ0n) is 18.8. The summed E-state index contributed by atoms with van der Waals surface area (Å²) in [5.41, 5.74) is 10.3. The molecule has 0 bridgehead atoms. The lowest BCUT2D eigenvalue weighted by Gasteiger charge is -2.18. The fraction of sp³-hybridized carbons (Fsp3) is 0.115. The van der Waals surface area contributed by atoms with Crippen molar-refractivity contribution in [1.82, 2.24) is 0 Å². The van der Waals surface area contributed by atoms with E-state index in [0.29, 0.717) is 33.8 Å². The first-order chi connectivity index (χ1) is 16.4. The second kappa shape index (κ2) is 9.60. The molecule has 3 aromatic carbocycles. The van der Waals surface area contributed by atoms with Gasteiger partial charge in [-0.05, 0) is 42.0 Å². The van der Waals surface area contributed by atoms with Crippen molar-refractivity contribution in [3.63, 3.8) is 0 Å². The van der Waals surface area contributed by atoms with Gasteiger partial charge in [-0.2, -0.15) is 0 Å². The first-order valence-electron chi connectivity index (χ1n) is 10.6. The molecule has 172 valence electrons. The molecule has 0 radical (unpaired) electrons. The molecular weight excluding hydrogens is 432 g/mol. The number of nitrogens with one attached hydrogen (secondary N) is 2. The van der Waals surface area contributed by atoms with Gasteiger partial charge in [-0.1, -0.05) is 36.4 Å². The van der Waals surface area contributed by atoms with Crippen molar-refractivity contribution in [1.29, 1.82) is 0 Å². The van der Waals surface area contributed by atoms with E-state index in [2.05, 4.69) is 10.6 Å². The van der Waals surface area contributed by atoms with Crippen LogP contribution in [0.25, 0.3) is 11.3 Å². The zero-order valence-corrected chi connectivity index (χ0v) is 18.8. The standard InChI is InChI=1S/C26H24N4O4/c1-30(22(31)15-27)19-11-9-18(10-12-19)28-24(16-6-4-3-5-7-16)23-20-13-8-17(26(33)34-2)14-21(20)29-25(23)32/h3-14,28H,15,27H2,1-2H3,(H,29,32). The largest absolute Gasteiger partial charge is 0.465 e. The number of nitrogens with two attached hydrogens (primary N) is 1. The van der Waals surface area contributed by atoms with E-state index in [1.54, 1.807) is 37.4 Å². The van der Waals surface area contributed by atoms with Gasteiger partial charge in [0.25, 0.3) is 5.91 Å². The van der Waals surface area contributed by atoms with Crippen molar-refractivity contribution < 1.29 is 19.1 Å². The highest BCUT2D eigenvalue weighted by Crippen LogP contribution is 2.38. The van der Waals surface area contributed by atoms with Crippen LogP contribution < -0.4 is 21.3 Å². The van der Waals surface area contributed by atoms with Crippen molar-refractivity contribution in [2.24, 2.45) is 5.73 Å². The Morgan fingerprint density at radius 1 is 1.00 bits per heavy atom. The molecule has 0 atom stereocenters. The van der Waals surface area contributed by atoms with Crippen molar-refractivity contribution in [2.75, 3.05) is 36.2 Å². The van der Waals surface area contributed by atoms with Crippen LogP contribution in [0.15, 0.2) is 72.8 Å². The van der Waals surface area contributed by atoms with Crippen LogP contribution in [0, 0.1) is 0 Å². The third-order valence-electron chi connectivity index (χ3n) is 5.57. The number of nitrogens with zero attached hydrogens (tertiary/aromatic N) is 1. The molecule has 34 heavy (non-hydrogen) atoms. The molecular formula is C26H24N4O4. The predicted octanol–water partition coefficient (Wildman–Crippen LogP) is 3.33. The van der Waals surface area contributed by atoms with E-state index < -0.39 is 5.97 Å². The summed E-state index contributed by atoms with van der Waals surface area (Å²) in [4.78, 5) is 38.3. The van der Waals surface area contributed by atoms with E-state index >= 15 is 0 Å². The summed E-state index contributed by atoms with van der Waals surface area (Å²) in [6, 6.07) is 21.7. The van der Waals surface area contributed by atoms with E-state index in [1.165, 1.54) is 12.0 Å². The molecule has 8 nitrogen and oxygen atoms in total. The molecule has 0 unspecified atom stereocenters. The van der Waals surface area contributed by atoms with Crippen LogP contribution in [-0.4, -0.2) is 38.5 Å². The van der Waals surface area contributed by atoms with Gasteiger partial charge in [0, 0.05) is 24.0 Å². The van der Waals surface area contributed by atoms with Gasteiger partial charge in [0.05, 0.1) is 36.2 Å². The average Bonchev–Trinajstić information content (AvgIpc) is 3.21. The molecule has 0 saturated heterocycles. The van der Waals surface area contributed by atoms with Crippen molar-refractivity contribution in [2.45, 2.75) is 0 Å². The summed E-state index contributed by atoms with van der Waals surface area (Å²) in [6.07, 6.45) is 0. The molecule has 0 aliphatic carbocycles. The fourth-order valence-electron chi connectivity index (χ4n) is 3.74. The number of benzene rings is 3. The first kappa shape index (κ1) is 22.8. The molecule has 0 saturated carbocycles. The maximum absolute atomic E-state index is 13.1. The Bertz CT molecular complexity index is 1280. The van der Waals surface area contributed by atoms with Crippen molar-refractivity contribution in [3.05, 3.63) is 89.5 Å². The highest BCUT2D eigenvalue weighted by molar-refractivity contribution is 6.37. The molecule has 0 aromatic heterocycles. The van der Waals surface area contributed by atoms with Gasteiger partial charge in [0.1, 0.15) is 0 Å². The quantitative estimate of drug-likeness (QED) is 0.387. The minimum absolute atomic E-state index is 0.0764. The normalized spacial score (nSPS) is 13.6. The Hall–Kier alpha value is -4.43. The highest BCUT2D eigenvalue weighted by atomic mass is 16.5. The Labute approximate surface area is 197 Å². The molecule has 3 aromatic rings. The Morgan fingerprint density at radius 3 is 2.35 bits per heavy atom. The molecule has 4 N–H and O–H groups in total. The van der Waals surface area contributed by atoms with Crippen LogP contribution in [0.3, 0.4) is 0 Å². The van der Waals surface area contributed by atoms with Crippen LogP contribution in [-0.2, 0) is 14.3 Å². The number of carbonyl (C=O) groups excluding carboxylic acids is 3. The lowest BCUT2D eigenvalue weighted by atomic mass is 9.99. The van der Waals surface area contributed by atoms with E-state index in [1.807, 2.05) is 42.5 Å². The van der Waals surface area contributed by atoms with E-state index in [4.69, 9.17) is 10.5 Å². The average molecular weight is 457 g/mol. The summed E-state index contributed by atoms with van der Waals surface area (Å²) in [5.74, 6) is -0.958. The van der Waals surface area contributed by atoms with Gasteiger partial charge >= 0.3 is 5.97 Å². The number of carbonyl (C=O) groups is 3. The van der Waals surface area contributed by atoms with Gasteiger partial charge in [0.15, 0.2) is 0 Å². The number of ether oxygens (including phenoxy) is 1. The zero-order chi connectivity index (χ0) is 24.2. The Morgan fingerprint density at radius 2 is 1.71 bits per heavy atom. The van der Waals surface area contributed by atoms with E-state index in [9.17, 15) is 14.4 Å². The molecule has 1 aliphatic heterocycles. The van der Waals surface area contributed by atoms with Gasteiger partial charge in [-0.15, -0.1) is 0 Å². The minimum Gasteiger partial charge on any atom is -0.465 e. The van der Waals surface area contributed by atoms with Crippen LogP contribution in [0.2, 0.25) is 0 Å². The van der Waals surface area contributed by atoms with Gasteiger partial charge in [-0.25, -0.2) is 4.79 Å². The van der Waals surface area contributed by atoms with Gasteiger partial charge in [0.2, 0.25) is 5.91 Å². The third-order valence-corrected chi connectivity index (χ3v) is 5.57. The molecule has 1 heterocycles. The van der Waals surface area contributed by atoms with E-state index in [0.717, 1.165) is 11.3 Å². The highest BCUT2D eigenvalue weighted by Gasteiger charge is 2.29. The van der Waals surface area contributed by atoms with Crippen LogP contribution in [0.1, 0.15) is 21.5 Å². The number of esters is 1. The lowest BCUT2D eigenvalue weighted by Crippen LogP contribution is -2.32. The van der Waals surface area contributed by atoms with E-state index in [-0.39, 0.29) is 18.4 Å². The number of amides is 2. The maximum atomic E-state index is 13.1. The number of methoxy groups -OCH3 is 1. The smallest absolute Gasteiger partial charge is 0.337 e. The summed E-state index contributed by atoms with van der Waals surface area (Å²) in [6.45, 7) is -0.0764. The number of rotatable bonds is 6. The topological polar surface area (TPSA) is 114 Å². The number of hydrogen-bond donors (Lipinski definition) is 3. The molecule has 0 spiro atoms. The van der Waals surface area contributed by atoms with Gasteiger partial charge in [-0.3, -0.25) is 9.59 Å². The molecule has 1 aliphatic rings. The minimum atomic E-state index is -0.478. The third kappa shape index (κ3) is 4.39. The van der Waals surface area contributed by atoms with Crippen molar-refractivity contribution in [3.8, 4) is 0 Å². The Balaban J connectivity index is 1.76. The molecule has 2 amide bonds. The summed E-state index contributed by atoms with van der Waals surface area (Å²) in [5, 5.41) is 6.21. The Kier molecular flexibility index (Phi) is 6.42. The van der Waals surface area contributed by atoms with Crippen LogP contribution >= 0.6 is 0 Å². The molecule has 8 heteroatoms. The monoisotopic (exact) mass is 456 g/mol. The predicted molar refractivity (Wildman–Crippen MR) is 132 cm³/mol. The first-order valence-corrected chi connectivity index (χ1v) is 10.6. The fourth-order valence-corrected chi connectivity index (χ4v) is 3.74. The number of anilines is 3. The lowest BCUT2D eigenvalue weighted by molar-refractivity contribution is -0.117. The second-order valence-corrected chi connectivity index (χ2v) is 7.65. The van der Waals surface area contributed by atoms with Crippen LogP contribution in [0.4, 0.5) is 17.1 Å². The summed E-state index contributed by atoms with van der Waals surface area (Å²) in [7, 11) is 2.98. The van der Waals surface area contributed by atoms with Crippen LogP contribution in [0.5, 0.6) is 0 Å². The number of likely N-dealkylation sites (N-methyl/N-ethyl adjacent to an activating group) is 1. The second-order valence-electron chi connectivity index (χ2n) is 7.65. The van der Waals surface area contributed by atoms with Gasteiger partial charge < -0.3 is 26.0 Å². The number of fused-ring (bicyclic) bond motifs is 1. The SMILES string of the molecule is COC(=O)c1ccc2c(c1)NC(=O)C2=C(Nc1ccc(N(C)C(=O)CN)cc1)c1ccccc1. The molecule has 0 fully saturated rings. The molecule has 4 rings (SSSR count). The van der Waals surface area contributed by atoms with Crippen molar-refractivity contribution >= 4 is 46.1 Å². The number of hydrogen-bond acceptors (Lipinski definition) is 6.